The molecule has 1 heterocycles. The summed E-state index contributed by atoms with van der Waals surface area (Å²) in [5.41, 5.74) is 1.99. The number of anilines is 1. The third kappa shape index (κ3) is 2.27. The Labute approximate surface area is 95.2 Å². The van der Waals surface area contributed by atoms with Gasteiger partial charge in [0.05, 0.1) is 6.61 Å². The Morgan fingerprint density at radius 3 is 3.00 bits per heavy atom. The number of ether oxygens (including phenoxy) is 1. The van der Waals surface area contributed by atoms with Gasteiger partial charge in [-0.2, -0.15) is 0 Å². The van der Waals surface area contributed by atoms with Crippen molar-refractivity contribution in [3.05, 3.63) is 23.8 Å². The van der Waals surface area contributed by atoms with Crippen molar-refractivity contribution >= 4 is 11.7 Å². The first-order valence-electron chi connectivity index (χ1n) is 5.41. The first-order chi connectivity index (χ1) is 7.66. The van der Waals surface area contributed by atoms with Crippen molar-refractivity contribution in [1.82, 2.24) is 4.90 Å². The number of carbonyl (C=O) groups is 1. The molecule has 4 nitrogen and oxygen atoms in total. The van der Waals surface area contributed by atoms with Crippen molar-refractivity contribution in [1.29, 1.82) is 0 Å². The van der Waals surface area contributed by atoms with E-state index in [1.165, 1.54) is 10.5 Å². The number of urea groups is 1. The maximum atomic E-state index is 11.5. The number of rotatable bonds is 1. The Balaban J connectivity index is 2.14. The highest BCUT2D eigenvalue weighted by atomic mass is 16.5. The summed E-state index contributed by atoms with van der Waals surface area (Å²) < 4.78 is 5.51. The molecular formula is C12H16N2O2. The van der Waals surface area contributed by atoms with Crippen LogP contribution < -0.4 is 10.1 Å². The Hall–Kier alpha value is -1.71. The van der Waals surface area contributed by atoms with Gasteiger partial charge < -0.3 is 15.0 Å². The number of nitrogens with zero attached hydrogens (tertiary/aromatic N) is 1. The highest BCUT2D eigenvalue weighted by Gasteiger charge is 2.11. The Kier molecular flexibility index (Phi) is 2.99. The van der Waals surface area contributed by atoms with Crippen molar-refractivity contribution in [3.8, 4) is 5.75 Å². The number of benzene rings is 1. The van der Waals surface area contributed by atoms with Gasteiger partial charge in [-0.15, -0.1) is 0 Å². The minimum Gasteiger partial charge on any atom is -0.493 e. The molecule has 2 amide bonds. The van der Waals surface area contributed by atoms with Crippen LogP contribution in [0.5, 0.6) is 5.75 Å². The second kappa shape index (κ2) is 4.43. The van der Waals surface area contributed by atoms with Gasteiger partial charge in [-0.1, -0.05) is 0 Å². The molecule has 0 aliphatic carbocycles. The third-order valence-corrected chi connectivity index (χ3v) is 2.57. The van der Waals surface area contributed by atoms with Crippen LogP contribution in [-0.4, -0.2) is 31.6 Å². The SMILES string of the molecule is CN(C)C(=O)Nc1ccc2c(c1)CCCO2. The van der Waals surface area contributed by atoms with Gasteiger partial charge >= 0.3 is 6.03 Å². The standard InChI is InChI=1S/C12H16N2O2/c1-14(2)12(15)13-10-5-6-11-9(8-10)4-3-7-16-11/h5-6,8H,3-4,7H2,1-2H3,(H,13,15). The minimum atomic E-state index is -0.114. The molecule has 1 aromatic rings. The van der Waals surface area contributed by atoms with Crippen LogP contribution in [0.4, 0.5) is 10.5 Å². The van der Waals surface area contributed by atoms with E-state index in [0.29, 0.717) is 0 Å². The second-order valence-corrected chi connectivity index (χ2v) is 4.10. The Morgan fingerprint density at radius 2 is 2.25 bits per heavy atom. The Morgan fingerprint density at radius 1 is 1.44 bits per heavy atom. The van der Waals surface area contributed by atoms with Gasteiger partial charge in [0, 0.05) is 19.8 Å². The summed E-state index contributed by atoms with van der Waals surface area (Å²) in [5.74, 6) is 0.939. The van der Waals surface area contributed by atoms with Crippen molar-refractivity contribution in [2.24, 2.45) is 0 Å². The van der Waals surface area contributed by atoms with Crippen LogP contribution in [0.25, 0.3) is 0 Å². The zero-order valence-electron chi connectivity index (χ0n) is 9.62. The van der Waals surface area contributed by atoms with Crippen molar-refractivity contribution in [2.75, 3.05) is 26.0 Å². The van der Waals surface area contributed by atoms with Crippen LogP contribution >= 0.6 is 0 Å². The zero-order valence-corrected chi connectivity index (χ0v) is 9.62. The van der Waals surface area contributed by atoms with E-state index in [2.05, 4.69) is 5.32 Å². The maximum Gasteiger partial charge on any atom is 0.321 e. The van der Waals surface area contributed by atoms with E-state index in [1.807, 2.05) is 18.2 Å². The summed E-state index contributed by atoms with van der Waals surface area (Å²) in [6.07, 6.45) is 2.05. The van der Waals surface area contributed by atoms with E-state index in [4.69, 9.17) is 4.74 Å². The molecule has 0 fully saturated rings. The summed E-state index contributed by atoms with van der Waals surface area (Å²) in [4.78, 5) is 13.0. The average molecular weight is 220 g/mol. The molecule has 1 N–H and O–H groups in total. The van der Waals surface area contributed by atoms with Gasteiger partial charge in [0.25, 0.3) is 0 Å². The van der Waals surface area contributed by atoms with Crippen LogP contribution in [-0.2, 0) is 6.42 Å². The Bertz CT molecular complexity index is 402. The fourth-order valence-electron chi connectivity index (χ4n) is 1.67. The molecular weight excluding hydrogens is 204 g/mol. The molecule has 0 bridgehead atoms. The lowest BCUT2D eigenvalue weighted by Gasteiger charge is -2.18. The van der Waals surface area contributed by atoms with Gasteiger partial charge in [-0.25, -0.2) is 4.79 Å². The molecule has 2 rings (SSSR count). The van der Waals surface area contributed by atoms with E-state index in [0.717, 1.165) is 30.9 Å². The second-order valence-electron chi connectivity index (χ2n) is 4.10. The molecule has 0 spiro atoms. The summed E-state index contributed by atoms with van der Waals surface area (Å²) in [5, 5.41) is 2.82. The molecule has 0 saturated carbocycles. The predicted molar refractivity (Wildman–Crippen MR) is 63.0 cm³/mol. The number of fused-ring (bicyclic) bond motifs is 1. The summed E-state index contributed by atoms with van der Waals surface area (Å²) >= 11 is 0. The molecule has 1 aliphatic heterocycles. The zero-order chi connectivity index (χ0) is 11.5. The lowest BCUT2D eigenvalue weighted by molar-refractivity contribution is 0.230. The third-order valence-electron chi connectivity index (χ3n) is 2.57. The van der Waals surface area contributed by atoms with E-state index < -0.39 is 0 Å². The van der Waals surface area contributed by atoms with Crippen LogP contribution in [0.15, 0.2) is 18.2 Å². The molecule has 0 saturated heterocycles. The smallest absolute Gasteiger partial charge is 0.321 e. The van der Waals surface area contributed by atoms with E-state index >= 15 is 0 Å². The highest BCUT2D eigenvalue weighted by Crippen LogP contribution is 2.27. The van der Waals surface area contributed by atoms with E-state index in [9.17, 15) is 4.79 Å². The van der Waals surface area contributed by atoms with Crippen molar-refractivity contribution in [3.63, 3.8) is 0 Å². The summed E-state index contributed by atoms with van der Waals surface area (Å²) in [6.45, 7) is 0.788. The molecule has 1 aromatic carbocycles. The van der Waals surface area contributed by atoms with Gasteiger partial charge in [0.1, 0.15) is 5.75 Å². The van der Waals surface area contributed by atoms with Gasteiger partial charge in [0.15, 0.2) is 0 Å². The molecule has 0 unspecified atom stereocenters. The normalized spacial score (nSPS) is 13.6. The number of carbonyl (C=O) groups excluding carboxylic acids is 1. The molecule has 86 valence electrons. The fourth-order valence-corrected chi connectivity index (χ4v) is 1.67. The highest BCUT2D eigenvalue weighted by molar-refractivity contribution is 5.89. The lowest BCUT2D eigenvalue weighted by Crippen LogP contribution is -2.27. The summed E-state index contributed by atoms with van der Waals surface area (Å²) in [6, 6.07) is 5.65. The van der Waals surface area contributed by atoms with Gasteiger partial charge in [-0.3, -0.25) is 0 Å². The molecule has 16 heavy (non-hydrogen) atoms. The minimum absolute atomic E-state index is 0.114. The van der Waals surface area contributed by atoms with E-state index in [-0.39, 0.29) is 6.03 Å². The number of amides is 2. The van der Waals surface area contributed by atoms with Crippen LogP contribution in [0, 0.1) is 0 Å². The van der Waals surface area contributed by atoms with Gasteiger partial charge in [-0.05, 0) is 36.6 Å². The summed E-state index contributed by atoms with van der Waals surface area (Å²) in [7, 11) is 3.44. The predicted octanol–water partition coefficient (Wildman–Crippen LogP) is 2.11. The molecule has 0 atom stereocenters. The topological polar surface area (TPSA) is 41.6 Å². The maximum absolute atomic E-state index is 11.5. The van der Waals surface area contributed by atoms with Crippen LogP contribution in [0.1, 0.15) is 12.0 Å². The van der Waals surface area contributed by atoms with Gasteiger partial charge in [0.2, 0.25) is 0 Å². The molecule has 1 aliphatic rings. The molecule has 0 radical (unpaired) electrons. The number of hydrogen-bond donors (Lipinski definition) is 1. The van der Waals surface area contributed by atoms with Crippen molar-refractivity contribution < 1.29 is 9.53 Å². The number of hydrogen-bond acceptors (Lipinski definition) is 2. The number of aryl methyl sites for hydroxylation is 1. The molecule has 0 aromatic heterocycles. The first kappa shape index (κ1) is 10.8. The number of nitrogens with one attached hydrogen (secondary N) is 1. The van der Waals surface area contributed by atoms with Crippen LogP contribution in [0.2, 0.25) is 0 Å². The fraction of sp³-hybridized carbons (Fsp3) is 0.417. The average Bonchev–Trinajstić information content (AvgIpc) is 2.28. The van der Waals surface area contributed by atoms with Crippen molar-refractivity contribution in [2.45, 2.75) is 12.8 Å². The lowest BCUT2D eigenvalue weighted by atomic mass is 10.1. The monoisotopic (exact) mass is 220 g/mol. The first-order valence-corrected chi connectivity index (χ1v) is 5.41. The largest absolute Gasteiger partial charge is 0.493 e. The van der Waals surface area contributed by atoms with E-state index in [1.54, 1.807) is 14.1 Å². The van der Waals surface area contributed by atoms with Crippen LogP contribution in [0.3, 0.4) is 0 Å². The molecule has 4 heteroatoms. The quantitative estimate of drug-likeness (QED) is 0.787.